The van der Waals surface area contributed by atoms with E-state index in [2.05, 4.69) is 15.3 Å². The second-order valence-electron chi connectivity index (χ2n) is 6.51. The third-order valence-corrected chi connectivity index (χ3v) is 5.46. The van der Waals surface area contributed by atoms with Gasteiger partial charge >= 0.3 is 6.18 Å². The van der Waals surface area contributed by atoms with Gasteiger partial charge in [0.05, 0.1) is 16.6 Å². The second-order valence-corrected chi connectivity index (χ2v) is 7.71. The van der Waals surface area contributed by atoms with Gasteiger partial charge in [-0.3, -0.25) is 0 Å². The number of thiophene rings is 1. The lowest BCUT2D eigenvalue weighted by Gasteiger charge is -2.15. The Bertz CT molecular complexity index is 1200. The fourth-order valence-corrected chi connectivity index (χ4v) is 4.33. The number of hydrogen-bond donors (Lipinski definition) is 1. The highest BCUT2D eigenvalue weighted by Gasteiger charge is 2.33. The van der Waals surface area contributed by atoms with E-state index >= 15 is 0 Å². The molecule has 0 saturated carbocycles. The third-order valence-electron chi connectivity index (χ3n) is 4.46. The molecule has 0 atom stereocenters. The first-order chi connectivity index (χ1) is 13.7. The molecule has 0 saturated heterocycles. The highest BCUT2D eigenvalue weighted by Crippen LogP contribution is 2.42. The average Bonchev–Trinajstić information content (AvgIpc) is 2.98. The van der Waals surface area contributed by atoms with Crippen LogP contribution in [0.4, 0.5) is 29.1 Å². The van der Waals surface area contributed by atoms with Crippen LogP contribution in [0.3, 0.4) is 0 Å². The van der Waals surface area contributed by atoms with Gasteiger partial charge in [-0.25, -0.2) is 14.4 Å². The number of rotatable bonds is 3. The fourth-order valence-electron chi connectivity index (χ4n) is 3.24. The molecular weight excluding hydrogens is 402 g/mol. The maximum atomic E-state index is 13.4. The Balaban J connectivity index is 1.93. The molecular formula is C21H15F4N3S. The molecule has 2 heterocycles. The molecule has 0 amide bonds. The Labute approximate surface area is 168 Å². The number of nitrogens with one attached hydrogen (secondary N) is 1. The number of nitrogens with zero attached hydrogens (tertiary/aromatic N) is 2. The van der Waals surface area contributed by atoms with Crippen LogP contribution in [0.25, 0.3) is 21.3 Å². The molecule has 3 nitrogen and oxygen atoms in total. The van der Waals surface area contributed by atoms with E-state index in [1.807, 2.05) is 6.92 Å². The van der Waals surface area contributed by atoms with Crippen molar-refractivity contribution in [3.05, 3.63) is 70.6 Å². The lowest BCUT2D eigenvalue weighted by molar-refractivity contribution is -0.136. The van der Waals surface area contributed by atoms with Gasteiger partial charge < -0.3 is 5.32 Å². The maximum absolute atomic E-state index is 13.4. The van der Waals surface area contributed by atoms with Gasteiger partial charge in [0.1, 0.15) is 22.3 Å². The van der Waals surface area contributed by atoms with Gasteiger partial charge in [-0.05, 0) is 43.7 Å². The highest BCUT2D eigenvalue weighted by molar-refractivity contribution is 7.19. The first kappa shape index (κ1) is 19.3. The second kappa shape index (κ2) is 7.11. The molecule has 0 radical (unpaired) electrons. The van der Waals surface area contributed by atoms with Crippen LogP contribution in [0.2, 0.25) is 0 Å². The van der Waals surface area contributed by atoms with Gasteiger partial charge in [0.15, 0.2) is 0 Å². The van der Waals surface area contributed by atoms with Crippen LogP contribution in [0.5, 0.6) is 0 Å². The molecule has 2 aromatic carbocycles. The summed E-state index contributed by atoms with van der Waals surface area (Å²) >= 11 is 1.42. The van der Waals surface area contributed by atoms with Crippen LogP contribution in [0, 0.1) is 19.7 Å². The average molecular weight is 417 g/mol. The molecule has 1 N–H and O–H groups in total. The van der Waals surface area contributed by atoms with Crippen molar-refractivity contribution in [1.29, 1.82) is 0 Å². The summed E-state index contributed by atoms with van der Waals surface area (Å²) in [6.07, 6.45) is -4.50. The minimum absolute atomic E-state index is 0.0895. The van der Waals surface area contributed by atoms with E-state index < -0.39 is 11.7 Å². The predicted molar refractivity (Wildman–Crippen MR) is 107 cm³/mol. The normalized spacial score (nSPS) is 11.8. The minimum Gasteiger partial charge on any atom is -0.339 e. The van der Waals surface area contributed by atoms with Crippen LogP contribution in [-0.4, -0.2) is 9.97 Å². The molecule has 2 aromatic heterocycles. The van der Waals surface area contributed by atoms with Crippen molar-refractivity contribution in [1.82, 2.24) is 9.97 Å². The van der Waals surface area contributed by atoms with E-state index in [9.17, 15) is 17.6 Å². The van der Waals surface area contributed by atoms with Crippen LogP contribution in [-0.2, 0) is 6.18 Å². The molecule has 0 unspecified atom stereocenters. The van der Waals surface area contributed by atoms with Crippen molar-refractivity contribution >= 4 is 33.1 Å². The number of hydrogen-bond acceptors (Lipinski definition) is 4. The molecule has 0 aliphatic heterocycles. The number of para-hydroxylation sites is 1. The summed E-state index contributed by atoms with van der Waals surface area (Å²) in [5.74, 6) is 0.361. The van der Waals surface area contributed by atoms with E-state index in [0.717, 1.165) is 22.1 Å². The largest absolute Gasteiger partial charge is 0.418 e. The Morgan fingerprint density at radius 1 is 0.931 bits per heavy atom. The van der Waals surface area contributed by atoms with Crippen molar-refractivity contribution in [3.8, 4) is 11.1 Å². The SMILES string of the molecule is Cc1nc(Nc2ccccc2C(F)(F)F)c2c(-c3ccc(F)cc3)c(C)sc2n1. The molecule has 4 aromatic rings. The quantitative estimate of drug-likeness (QED) is 0.369. The highest BCUT2D eigenvalue weighted by atomic mass is 32.1. The van der Waals surface area contributed by atoms with Crippen molar-refractivity contribution in [3.63, 3.8) is 0 Å². The van der Waals surface area contributed by atoms with Gasteiger partial charge in [0.2, 0.25) is 0 Å². The molecule has 0 spiro atoms. The summed E-state index contributed by atoms with van der Waals surface area (Å²) in [4.78, 5) is 10.4. The molecule has 29 heavy (non-hydrogen) atoms. The summed E-state index contributed by atoms with van der Waals surface area (Å²) in [7, 11) is 0. The monoisotopic (exact) mass is 417 g/mol. The number of aromatic nitrogens is 2. The molecule has 148 valence electrons. The Hall–Kier alpha value is -3.00. The van der Waals surface area contributed by atoms with Crippen molar-refractivity contribution in [2.45, 2.75) is 20.0 Å². The van der Waals surface area contributed by atoms with E-state index in [-0.39, 0.29) is 17.3 Å². The third kappa shape index (κ3) is 3.67. The Kier molecular flexibility index (Phi) is 4.74. The van der Waals surface area contributed by atoms with Gasteiger partial charge in [0.25, 0.3) is 0 Å². The van der Waals surface area contributed by atoms with Crippen LogP contribution in [0.1, 0.15) is 16.3 Å². The summed E-state index contributed by atoms with van der Waals surface area (Å²) in [5.41, 5.74) is 0.653. The van der Waals surface area contributed by atoms with Gasteiger partial charge in [-0.1, -0.05) is 24.3 Å². The maximum Gasteiger partial charge on any atom is 0.418 e. The summed E-state index contributed by atoms with van der Waals surface area (Å²) in [6.45, 7) is 3.58. The van der Waals surface area contributed by atoms with Crippen molar-refractivity contribution in [2.75, 3.05) is 5.32 Å². The molecule has 0 aliphatic carbocycles. The zero-order valence-corrected chi connectivity index (χ0v) is 16.2. The molecule has 0 bridgehead atoms. The first-order valence-electron chi connectivity index (χ1n) is 8.71. The molecule has 0 fully saturated rings. The van der Waals surface area contributed by atoms with Crippen molar-refractivity contribution in [2.24, 2.45) is 0 Å². The van der Waals surface area contributed by atoms with E-state index in [1.54, 1.807) is 19.1 Å². The zero-order chi connectivity index (χ0) is 20.8. The molecule has 8 heteroatoms. The molecule has 0 aliphatic rings. The summed E-state index contributed by atoms with van der Waals surface area (Å²) < 4.78 is 53.7. The Morgan fingerprint density at radius 3 is 2.31 bits per heavy atom. The lowest BCUT2D eigenvalue weighted by atomic mass is 10.0. The topological polar surface area (TPSA) is 37.8 Å². The predicted octanol–water partition coefficient (Wildman–Crippen LogP) is 6.88. The van der Waals surface area contributed by atoms with Crippen molar-refractivity contribution < 1.29 is 17.6 Å². The Morgan fingerprint density at radius 2 is 1.62 bits per heavy atom. The minimum atomic E-state index is -4.50. The van der Waals surface area contributed by atoms with E-state index in [0.29, 0.717) is 16.0 Å². The van der Waals surface area contributed by atoms with E-state index in [4.69, 9.17) is 0 Å². The number of anilines is 2. The zero-order valence-electron chi connectivity index (χ0n) is 15.4. The number of benzene rings is 2. The van der Waals surface area contributed by atoms with Gasteiger partial charge in [0, 0.05) is 10.4 Å². The standard InChI is InChI=1S/C21H15F4N3S/c1-11-17(13-7-9-14(22)10-8-13)18-19(26-12(2)27-20(18)29-11)28-16-6-4-3-5-15(16)21(23,24)25/h3-10H,1-2H3,(H,26,27,28). The summed E-state index contributed by atoms with van der Waals surface area (Å²) in [5, 5.41) is 3.47. The summed E-state index contributed by atoms with van der Waals surface area (Å²) in [6, 6.07) is 11.2. The molecule has 4 rings (SSSR count). The number of halogens is 4. The number of alkyl halides is 3. The number of aryl methyl sites for hydroxylation is 2. The lowest BCUT2D eigenvalue weighted by Crippen LogP contribution is -2.09. The van der Waals surface area contributed by atoms with Gasteiger partial charge in [-0.15, -0.1) is 11.3 Å². The fraction of sp³-hybridized carbons (Fsp3) is 0.143. The van der Waals surface area contributed by atoms with Crippen LogP contribution < -0.4 is 5.32 Å². The number of fused-ring (bicyclic) bond motifs is 1. The van der Waals surface area contributed by atoms with Crippen LogP contribution >= 0.6 is 11.3 Å². The smallest absolute Gasteiger partial charge is 0.339 e. The van der Waals surface area contributed by atoms with Crippen LogP contribution in [0.15, 0.2) is 48.5 Å². The first-order valence-corrected chi connectivity index (χ1v) is 9.52. The van der Waals surface area contributed by atoms with Gasteiger partial charge in [-0.2, -0.15) is 13.2 Å². The van der Waals surface area contributed by atoms with E-state index in [1.165, 1.54) is 41.7 Å².